The molecule has 1 saturated heterocycles. The Morgan fingerprint density at radius 3 is 2.95 bits per heavy atom. The summed E-state index contributed by atoms with van der Waals surface area (Å²) in [5, 5.41) is 3.58. The van der Waals surface area contributed by atoms with Crippen LogP contribution in [0.1, 0.15) is 18.9 Å². The van der Waals surface area contributed by atoms with E-state index in [9.17, 15) is 0 Å². The van der Waals surface area contributed by atoms with Crippen LogP contribution in [-0.4, -0.2) is 45.6 Å². The minimum atomic E-state index is 0.0917. The minimum absolute atomic E-state index is 0.0917. The van der Waals surface area contributed by atoms with Crippen LogP contribution in [0.4, 0.5) is 0 Å². The van der Waals surface area contributed by atoms with Crippen LogP contribution < -0.4 is 10.1 Å². The molecule has 1 aromatic rings. The molecule has 0 aliphatic carbocycles. The van der Waals surface area contributed by atoms with Gasteiger partial charge in [-0.3, -0.25) is 0 Å². The molecule has 2 atom stereocenters. The highest BCUT2D eigenvalue weighted by Gasteiger charge is 2.25. The van der Waals surface area contributed by atoms with Gasteiger partial charge >= 0.3 is 0 Å². The molecule has 1 N–H and O–H groups in total. The third kappa shape index (κ3) is 4.95. The van der Waals surface area contributed by atoms with Crippen molar-refractivity contribution in [3.05, 3.63) is 28.2 Å². The van der Waals surface area contributed by atoms with Crippen LogP contribution in [0, 0.1) is 0 Å². The number of halogens is 1. The lowest BCUT2D eigenvalue weighted by Crippen LogP contribution is -2.48. The molecule has 0 aromatic heterocycles. The quantitative estimate of drug-likeness (QED) is 0.814. The molecule has 0 radical (unpaired) electrons. The van der Waals surface area contributed by atoms with E-state index in [1.165, 1.54) is 5.56 Å². The number of nitrogens with one attached hydrogen (secondary N) is 1. The molecular weight excluding hydrogens is 334 g/mol. The van der Waals surface area contributed by atoms with Gasteiger partial charge in [-0.1, -0.05) is 22.9 Å². The third-order valence-electron chi connectivity index (χ3n) is 3.63. The van der Waals surface area contributed by atoms with Crippen molar-refractivity contribution in [3.8, 4) is 5.75 Å². The Morgan fingerprint density at radius 1 is 1.43 bits per heavy atom. The molecule has 1 aliphatic rings. The average molecular weight is 358 g/mol. The summed E-state index contributed by atoms with van der Waals surface area (Å²) in [5.74, 6) is 0.915. The first-order valence-corrected chi connectivity index (χ1v) is 8.29. The fourth-order valence-electron chi connectivity index (χ4n) is 2.55. The Balaban J connectivity index is 2.11. The smallest absolute Gasteiger partial charge is 0.122 e. The predicted molar refractivity (Wildman–Crippen MR) is 87.0 cm³/mol. The van der Waals surface area contributed by atoms with Gasteiger partial charge in [0.25, 0.3) is 0 Å². The molecule has 1 fully saturated rings. The number of rotatable bonds is 7. The highest BCUT2D eigenvalue weighted by atomic mass is 79.9. The molecule has 0 spiro atoms. The van der Waals surface area contributed by atoms with Gasteiger partial charge in [0.15, 0.2) is 0 Å². The highest BCUT2D eigenvalue weighted by Crippen LogP contribution is 2.25. The van der Waals surface area contributed by atoms with Crippen molar-refractivity contribution in [2.24, 2.45) is 0 Å². The van der Waals surface area contributed by atoms with E-state index in [2.05, 4.69) is 34.2 Å². The molecule has 0 bridgehead atoms. The first kappa shape index (κ1) is 16.7. The fraction of sp³-hybridized carbons (Fsp3) is 0.625. The molecule has 118 valence electrons. The van der Waals surface area contributed by atoms with E-state index in [0.717, 1.165) is 29.6 Å². The fourth-order valence-corrected chi connectivity index (χ4v) is 2.96. The minimum Gasteiger partial charge on any atom is -0.496 e. The molecule has 1 aromatic carbocycles. The van der Waals surface area contributed by atoms with E-state index in [1.54, 1.807) is 7.11 Å². The van der Waals surface area contributed by atoms with Crippen LogP contribution in [-0.2, 0) is 15.9 Å². The average Bonchev–Trinajstić information content (AvgIpc) is 2.52. The van der Waals surface area contributed by atoms with Gasteiger partial charge in [0, 0.05) is 10.5 Å². The van der Waals surface area contributed by atoms with Crippen LogP contribution in [0.5, 0.6) is 5.75 Å². The lowest BCUT2D eigenvalue weighted by Gasteiger charge is -2.31. The Labute approximate surface area is 135 Å². The monoisotopic (exact) mass is 357 g/mol. The van der Waals surface area contributed by atoms with Crippen molar-refractivity contribution < 1.29 is 14.2 Å². The van der Waals surface area contributed by atoms with Crippen LogP contribution in [0.2, 0.25) is 0 Å². The summed E-state index contributed by atoms with van der Waals surface area (Å²) in [7, 11) is 1.71. The summed E-state index contributed by atoms with van der Waals surface area (Å²) in [6.45, 7) is 5.16. The second kappa shape index (κ2) is 8.73. The Kier molecular flexibility index (Phi) is 6.96. The molecule has 0 saturated carbocycles. The molecule has 2 unspecified atom stereocenters. The Morgan fingerprint density at radius 2 is 2.29 bits per heavy atom. The van der Waals surface area contributed by atoms with Gasteiger partial charge < -0.3 is 19.5 Å². The topological polar surface area (TPSA) is 39.7 Å². The van der Waals surface area contributed by atoms with Crippen molar-refractivity contribution in [3.63, 3.8) is 0 Å². The third-order valence-corrected chi connectivity index (χ3v) is 4.12. The van der Waals surface area contributed by atoms with Gasteiger partial charge in [-0.25, -0.2) is 0 Å². The van der Waals surface area contributed by atoms with Crippen LogP contribution >= 0.6 is 15.9 Å². The zero-order chi connectivity index (χ0) is 15.1. The molecule has 4 nitrogen and oxygen atoms in total. The van der Waals surface area contributed by atoms with E-state index in [0.29, 0.717) is 19.8 Å². The van der Waals surface area contributed by atoms with E-state index >= 15 is 0 Å². The lowest BCUT2D eigenvalue weighted by atomic mass is 10.00. The first-order chi connectivity index (χ1) is 10.2. The van der Waals surface area contributed by atoms with Crippen molar-refractivity contribution in [1.82, 2.24) is 5.32 Å². The molecule has 2 rings (SSSR count). The van der Waals surface area contributed by atoms with Gasteiger partial charge in [0.1, 0.15) is 5.75 Å². The summed E-state index contributed by atoms with van der Waals surface area (Å²) in [4.78, 5) is 0. The number of methoxy groups -OCH3 is 1. The Hall–Kier alpha value is -0.620. The second-order valence-electron chi connectivity index (χ2n) is 5.21. The van der Waals surface area contributed by atoms with Crippen LogP contribution in [0.3, 0.4) is 0 Å². The van der Waals surface area contributed by atoms with E-state index in [4.69, 9.17) is 14.2 Å². The SMILES string of the molecule is CCCNC(Cc1cc(Br)ccc1OC)C1COCCO1. The maximum atomic E-state index is 5.87. The predicted octanol–water partition coefficient (Wildman–Crippen LogP) is 2.78. The molecule has 1 aliphatic heterocycles. The second-order valence-corrected chi connectivity index (χ2v) is 6.12. The lowest BCUT2D eigenvalue weighted by molar-refractivity contribution is -0.101. The first-order valence-electron chi connectivity index (χ1n) is 7.49. The largest absolute Gasteiger partial charge is 0.496 e. The van der Waals surface area contributed by atoms with Gasteiger partial charge in [0.05, 0.1) is 33.0 Å². The highest BCUT2D eigenvalue weighted by molar-refractivity contribution is 9.10. The summed E-state index contributed by atoms with van der Waals surface area (Å²) < 4.78 is 18.0. The number of hydrogen-bond acceptors (Lipinski definition) is 4. The van der Waals surface area contributed by atoms with Crippen molar-refractivity contribution in [2.45, 2.75) is 31.9 Å². The van der Waals surface area contributed by atoms with Crippen molar-refractivity contribution >= 4 is 15.9 Å². The van der Waals surface area contributed by atoms with Gasteiger partial charge in [-0.2, -0.15) is 0 Å². The van der Waals surface area contributed by atoms with Gasteiger partial charge in [-0.15, -0.1) is 0 Å². The maximum absolute atomic E-state index is 5.87. The van der Waals surface area contributed by atoms with Gasteiger partial charge in [0.2, 0.25) is 0 Å². The van der Waals surface area contributed by atoms with Crippen LogP contribution in [0.15, 0.2) is 22.7 Å². The van der Waals surface area contributed by atoms with Gasteiger partial charge in [-0.05, 0) is 43.1 Å². The Bertz CT molecular complexity index is 436. The van der Waals surface area contributed by atoms with E-state index in [-0.39, 0.29) is 12.1 Å². The number of hydrogen-bond donors (Lipinski definition) is 1. The normalized spacial score (nSPS) is 20.2. The van der Waals surface area contributed by atoms with Crippen LogP contribution in [0.25, 0.3) is 0 Å². The van der Waals surface area contributed by atoms with Crippen molar-refractivity contribution in [1.29, 1.82) is 0 Å². The van der Waals surface area contributed by atoms with E-state index < -0.39 is 0 Å². The number of benzene rings is 1. The van der Waals surface area contributed by atoms with Crippen molar-refractivity contribution in [2.75, 3.05) is 33.5 Å². The molecule has 0 amide bonds. The number of ether oxygens (including phenoxy) is 3. The summed E-state index contributed by atoms with van der Waals surface area (Å²) in [6.07, 6.45) is 2.05. The molecule has 5 heteroatoms. The summed E-state index contributed by atoms with van der Waals surface area (Å²) >= 11 is 3.53. The summed E-state index contributed by atoms with van der Waals surface area (Å²) in [5.41, 5.74) is 1.18. The summed E-state index contributed by atoms with van der Waals surface area (Å²) in [6, 6.07) is 6.34. The molecule has 21 heavy (non-hydrogen) atoms. The maximum Gasteiger partial charge on any atom is 0.122 e. The zero-order valence-corrected chi connectivity index (χ0v) is 14.3. The molecule has 1 heterocycles. The van der Waals surface area contributed by atoms with E-state index in [1.807, 2.05) is 12.1 Å². The molecular formula is C16H24BrNO3. The zero-order valence-electron chi connectivity index (χ0n) is 12.7. The standard InChI is InChI=1S/C16H24BrNO3/c1-3-6-18-14(16-11-20-7-8-21-16)10-12-9-13(17)4-5-15(12)19-2/h4-5,9,14,16,18H,3,6-8,10-11H2,1-2H3.